The van der Waals surface area contributed by atoms with E-state index in [9.17, 15) is 8.42 Å². The van der Waals surface area contributed by atoms with Gasteiger partial charge in [-0.3, -0.25) is 0 Å². The number of nitrogens with zero attached hydrogens (tertiary/aromatic N) is 2. The van der Waals surface area contributed by atoms with E-state index >= 15 is 0 Å². The van der Waals surface area contributed by atoms with Crippen LogP contribution in [0.4, 0.5) is 0 Å². The lowest BCUT2D eigenvalue weighted by molar-refractivity contribution is 0.251. The van der Waals surface area contributed by atoms with Gasteiger partial charge in [0.15, 0.2) is 0 Å². The van der Waals surface area contributed by atoms with E-state index in [1.54, 1.807) is 8.61 Å². The van der Waals surface area contributed by atoms with Crippen molar-refractivity contribution in [3.8, 4) is 0 Å². The van der Waals surface area contributed by atoms with Gasteiger partial charge in [-0.15, -0.1) is 0 Å². The summed E-state index contributed by atoms with van der Waals surface area (Å²) in [6, 6.07) is 0.322. The Morgan fingerprint density at radius 3 is 2.43 bits per heavy atom. The summed E-state index contributed by atoms with van der Waals surface area (Å²) in [5.41, 5.74) is 0. The van der Waals surface area contributed by atoms with E-state index in [1.807, 2.05) is 0 Å². The molecule has 0 saturated carbocycles. The van der Waals surface area contributed by atoms with Gasteiger partial charge in [0.1, 0.15) is 0 Å². The quantitative estimate of drug-likeness (QED) is 0.811. The molecule has 2 aliphatic heterocycles. The van der Waals surface area contributed by atoms with Crippen molar-refractivity contribution >= 4 is 10.2 Å². The predicted octanol–water partition coefficient (Wildman–Crippen LogP) is 1.67. The van der Waals surface area contributed by atoms with Gasteiger partial charge in [0.05, 0.1) is 0 Å². The Kier molecular flexibility index (Phi) is 6.05. The fraction of sp³-hybridized carbons (Fsp3) is 1.00. The number of piperidine rings is 1. The molecule has 0 spiro atoms. The molecule has 0 aliphatic carbocycles. The predicted molar refractivity (Wildman–Crippen MR) is 86.3 cm³/mol. The molecule has 1 N–H and O–H groups in total. The third-order valence-corrected chi connectivity index (χ3v) is 6.52. The molecule has 2 fully saturated rings. The van der Waals surface area contributed by atoms with Crippen molar-refractivity contribution in [2.24, 2.45) is 11.8 Å². The van der Waals surface area contributed by atoms with Crippen molar-refractivity contribution < 1.29 is 8.42 Å². The standard InChI is InChI=1S/C15H31N3O2S/c1-13(2)11-18(12-15-5-4-8-16-15)21(19,20)17-9-6-14(3)7-10-17/h13-16H,4-12H2,1-3H3. The molecule has 0 aromatic carbocycles. The van der Waals surface area contributed by atoms with E-state index in [1.165, 1.54) is 0 Å². The lowest BCUT2D eigenvalue weighted by Gasteiger charge is -2.35. The third-order valence-electron chi connectivity index (χ3n) is 4.55. The molecule has 0 aromatic heterocycles. The average Bonchev–Trinajstić information content (AvgIpc) is 2.91. The zero-order chi connectivity index (χ0) is 15.5. The van der Waals surface area contributed by atoms with Crippen LogP contribution in [0.2, 0.25) is 0 Å². The lowest BCUT2D eigenvalue weighted by Crippen LogP contribution is -2.51. The first-order chi connectivity index (χ1) is 9.89. The highest BCUT2D eigenvalue weighted by Gasteiger charge is 2.34. The molecule has 0 bridgehead atoms. The van der Waals surface area contributed by atoms with Gasteiger partial charge in [-0.1, -0.05) is 20.8 Å². The van der Waals surface area contributed by atoms with Crippen LogP contribution in [0, 0.1) is 11.8 Å². The minimum Gasteiger partial charge on any atom is -0.313 e. The van der Waals surface area contributed by atoms with Gasteiger partial charge in [0.2, 0.25) is 0 Å². The van der Waals surface area contributed by atoms with Crippen LogP contribution in [0.15, 0.2) is 0 Å². The Labute approximate surface area is 130 Å². The van der Waals surface area contributed by atoms with Gasteiger partial charge in [-0.05, 0) is 44.1 Å². The van der Waals surface area contributed by atoms with Crippen LogP contribution in [-0.4, -0.2) is 55.8 Å². The Balaban J connectivity index is 2.05. The van der Waals surface area contributed by atoms with Crippen LogP contribution in [0.1, 0.15) is 46.5 Å². The minimum atomic E-state index is -3.30. The monoisotopic (exact) mass is 317 g/mol. The van der Waals surface area contributed by atoms with Crippen molar-refractivity contribution in [2.75, 3.05) is 32.7 Å². The van der Waals surface area contributed by atoms with E-state index in [0.717, 1.165) is 32.2 Å². The summed E-state index contributed by atoms with van der Waals surface area (Å²) in [5.74, 6) is 0.997. The molecule has 2 heterocycles. The maximum absolute atomic E-state index is 12.9. The van der Waals surface area contributed by atoms with Gasteiger partial charge >= 0.3 is 0 Å². The van der Waals surface area contributed by atoms with E-state index in [2.05, 4.69) is 26.1 Å². The maximum atomic E-state index is 12.9. The molecule has 0 aromatic rings. The summed E-state index contributed by atoms with van der Waals surface area (Å²) in [5, 5.41) is 3.42. The van der Waals surface area contributed by atoms with Crippen molar-refractivity contribution in [1.29, 1.82) is 0 Å². The van der Waals surface area contributed by atoms with Crippen molar-refractivity contribution in [2.45, 2.75) is 52.5 Å². The fourth-order valence-electron chi connectivity index (χ4n) is 3.21. The second-order valence-electron chi connectivity index (χ2n) is 7.09. The highest BCUT2D eigenvalue weighted by molar-refractivity contribution is 7.86. The van der Waals surface area contributed by atoms with Gasteiger partial charge in [-0.2, -0.15) is 17.0 Å². The molecular weight excluding hydrogens is 286 g/mol. The Morgan fingerprint density at radius 1 is 1.24 bits per heavy atom. The van der Waals surface area contributed by atoms with E-state index in [4.69, 9.17) is 0 Å². The van der Waals surface area contributed by atoms with Crippen molar-refractivity contribution in [3.63, 3.8) is 0 Å². The van der Waals surface area contributed by atoms with Crippen molar-refractivity contribution in [3.05, 3.63) is 0 Å². The summed E-state index contributed by atoms with van der Waals surface area (Å²) in [6.07, 6.45) is 4.20. The van der Waals surface area contributed by atoms with Crippen LogP contribution < -0.4 is 5.32 Å². The van der Waals surface area contributed by atoms with Gasteiger partial charge in [0, 0.05) is 32.2 Å². The highest BCUT2D eigenvalue weighted by Crippen LogP contribution is 2.22. The second-order valence-corrected chi connectivity index (χ2v) is 9.02. The van der Waals surface area contributed by atoms with E-state index in [-0.39, 0.29) is 0 Å². The molecule has 0 amide bonds. The molecule has 2 saturated heterocycles. The average molecular weight is 317 g/mol. The van der Waals surface area contributed by atoms with Crippen molar-refractivity contribution in [1.82, 2.24) is 13.9 Å². The lowest BCUT2D eigenvalue weighted by atomic mass is 10.0. The van der Waals surface area contributed by atoms with Crippen LogP contribution in [0.3, 0.4) is 0 Å². The maximum Gasteiger partial charge on any atom is 0.282 e. The second kappa shape index (κ2) is 7.40. The molecule has 6 heteroatoms. The van der Waals surface area contributed by atoms with Crippen LogP contribution >= 0.6 is 0 Å². The van der Waals surface area contributed by atoms with Crippen LogP contribution in [0.5, 0.6) is 0 Å². The minimum absolute atomic E-state index is 0.322. The van der Waals surface area contributed by atoms with E-state index < -0.39 is 10.2 Å². The molecule has 1 atom stereocenters. The molecular formula is C15H31N3O2S. The SMILES string of the molecule is CC(C)CN(CC1CCCN1)S(=O)(=O)N1CCC(C)CC1. The smallest absolute Gasteiger partial charge is 0.282 e. The number of hydrogen-bond donors (Lipinski definition) is 1. The van der Waals surface area contributed by atoms with Gasteiger partial charge < -0.3 is 5.32 Å². The Hall–Kier alpha value is -0.170. The summed E-state index contributed by atoms with van der Waals surface area (Å²) < 4.78 is 29.3. The summed E-state index contributed by atoms with van der Waals surface area (Å²) in [6.45, 7) is 9.98. The fourth-order valence-corrected chi connectivity index (χ4v) is 5.06. The zero-order valence-electron chi connectivity index (χ0n) is 13.7. The molecule has 2 aliphatic rings. The van der Waals surface area contributed by atoms with Gasteiger partial charge in [0.25, 0.3) is 10.2 Å². The summed E-state index contributed by atoms with van der Waals surface area (Å²) in [4.78, 5) is 0. The van der Waals surface area contributed by atoms with Gasteiger partial charge in [-0.25, -0.2) is 0 Å². The number of hydrogen-bond acceptors (Lipinski definition) is 3. The number of rotatable bonds is 6. The van der Waals surface area contributed by atoms with Crippen LogP contribution in [0.25, 0.3) is 0 Å². The zero-order valence-corrected chi connectivity index (χ0v) is 14.5. The number of nitrogens with one attached hydrogen (secondary N) is 1. The molecule has 0 radical (unpaired) electrons. The molecule has 5 nitrogen and oxygen atoms in total. The van der Waals surface area contributed by atoms with E-state index in [0.29, 0.717) is 44.1 Å². The first-order valence-corrected chi connectivity index (χ1v) is 9.78. The Morgan fingerprint density at radius 2 is 1.90 bits per heavy atom. The molecule has 1 unspecified atom stereocenters. The summed E-state index contributed by atoms with van der Waals surface area (Å²) in [7, 11) is -3.30. The first-order valence-electron chi connectivity index (χ1n) is 8.38. The third kappa shape index (κ3) is 4.65. The highest BCUT2D eigenvalue weighted by atomic mass is 32.2. The molecule has 21 heavy (non-hydrogen) atoms. The first kappa shape index (κ1) is 17.2. The normalized spacial score (nSPS) is 26.0. The summed E-state index contributed by atoms with van der Waals surface area (Å²) >= 11 is 0. The topological polar surface area (TPSA) is 52.7 Å². The van der Waals surface area contributed by atoms with Crippen LogP contribution in [-0.2, 0) is 10.2 Å². The largest absolute Gasteiger partial charge is 0.313 e. The molecule has 124 valence electrons. The molecule has 2 rings (SSSR count). The Bertz CT molecular complexity index is 411.